The SMILES string of the molecule is CN(C)CC(C)(O)CNC1CCNCc2ccccc21. The summed E-state index contributed by atoms with van der Waals surface area (Å²) in [5.41, 5.74) is 2.01. The highest BCUT2D eigenvalue weighted by molar-refractivity contribution is 5.31. The number of aliphatic hydroxyl groups is 1. The van der Waals surface area contributed by atoms with Crippen molar-refractivity contribution < 1.29 is 5.11 Å². The first-order chi connectivity index (χ1) is 9.48. The molecule has 2 atom stereocenters. The first kappa shape index (κ1) is 15.4. The van der Waals surface area contributed by atoms with E-state index in [0.29, 0.717) is 19.1 Å². The molecule has 0 saturated heterocycles. The lowest BCUT2D eigenvalue weighted by Gasteiger charge is -2.30. The van der Waals surface area contributed by atoms with Gasteiger partial charge >= 0.3 is 0 Å². The number of hydrogen-bond donors (Lipinski definition) is 3. The fourth-order valence-electron chi connectivity index (χ4n) is 2.95. The number of likely N-dealkylation sites (N-methyl/N-ethyl adjacent to an activating group) is 1. The van der Waals surface area contributed by atoms with Crippen LogP contribution in [0.1, 0.15) is 30.5 Å². The molecule has 0 saturated carbocycles. The number of hydrogen-bond acceptors (Lipinski definition) is 4. The average Bonchev–Trinajstić information content (AvgIpc) is 2.57. The van der Waals surface area contributed by atoms with Crippen molar-refractivity contribution in [2.24, 2.45) is 0 Å². The number of rotatable bonds is 5. The van der Waals surface area contributed by atoms with Crippen molar-refractivity contribution in [1.82, 2.24) is 15.5 Å². The van der Waals surface area contributed by atoms with E-state index >= 15 is 0 Å². The molecule has 1 aromatic carbocycles. The lowest BCUT2D eigenvalue weighted by molar-refractivity contribution is 0.0311. The number of nitrogens with one attached hydrogen (secondary N) is 2. The third-order valence-corrected chi connectivity index (χ3v) is 3.74. The summed E-state index contributed by atoms with van der Waals surface area (Å²) in [6.07, 6.45) is 1.05. The zero-order valence-electron chi connectivity index (χ0n) is 12.8. The van der Waals surface area contributed by atoms with E-state index in [1.54, 1.807) is 0 Å². The van der Waals surface area contributed by atoms with E-state index in [9.17, 15) is 5.11 Å². The van der Waals surface area contributed by atoms with Crippen LogP contribution in [0.15, 0.2) is 24.3 Å². The van der Waals surface area contributed by atoms with Crippen LogP contribution in [0.25, 0.3) is 0 Å². The standard InChI is InChI=1S/C16H27N3O/c1-16(20,12-19(2)3)11-18-15-8-9-17-10-13-6-4-5-7-14(13)15/h4-7,15,17-18,20H,8-12H2,1-3H3. The summed E-state index contributed by atoms with van der Waals surface area (Å²) in [7, 11) is 3.97. The first-order valence-corrected chi connectivity index (χ1v) is 7.37. The first-order valence-electron chi connectivity index (χ1n) is 7.37. The van der Waals surface area contributed by atoms with Crippen molar-refractivity contribution in [1.29, 1.82) is 0 Å². The predicted molar refractivity (Wildman–Crippen MR) is 82.7 cm³/mol. The van der Waals surface area contributed by atoms with Gasteiger partial charge in [0.15, 0.2) is 0 Å². The van der Waals surface area contributed by atoms with E-state index in [1.807, 2.05) is 25.9 Å². The largest absolute Gasteiger partial charge is 0.388 e. The van der Waals surface area contributed by atoms with Crippen molar-refractivity contribution in [3.63, 3.8) is 0 Å². The average molecular weight is 277 g/mol. The number of fused-ring (bicyclic) bond motifs is 1. The monoisotopic (exact) mass is 277 g/mol. The highest BCUT2D eigenvalue weighted by Gasteiger charge is 2.24. The zero-order chi connectivity index (χ0) is 14.6. The van der Waals surface area contributed by atoms with E-state index in [1.165, 1.54) is 11.1 Å². The van der Waals surface area contributed by atoms with Crippen molar-refractivity contribution in [3.05, 3.63) is 35.4 Å². The van der Waals surface area contributed by atoms with Crippen LogP contribution in [-0.4, -0.2) is 49.3 Å². The summed E-state index contributed by atoms with van der Waals surface area (Å²) in [5, 5.41) is 17.4. The summed E-state index contributed by atoms with van der Waals surface area (Å²) in [4.78, 5) is 2.02. The summed E-state index contributed by atoms with van der Waals surface area (Å²) in [6.45, 7) is 5.09. The molecule has 2 rings (SSSR count). The van der Waals surface area contributed by atoms with Crippen LogP contribution >= 0.6 is 0 Å². The zero-order valence-corrected chi connectivity index (χ0v) is 12.8. The van der Waals surface area contributed by atoms with Crippen LogP contribution in [-0.2, 0) is 6.54 Å². The van der Waals surface area contributed by atoms with E-state index < -0.39 is 5.60 Å². The molecule has 4 nitrogen and oxygen atoms in total. The fourth-order valence-corrected chi connectivity index (χ4v) is 2.95. The Hall–Kier alpha value is -0.940. The molecule has 0 aromatic heterocycles. The minimum atomic E-state index is -0.710. The molecule has 0 bridgehead atoms. The van der Waals surface area contributed by atoms with Gasteiger partial charge in [-0.3, -0.25) is 0 Å². The van der Waals surface area contributed by atoms with Gasteiger partial charge < -0.3 is 20.6 Å². The number of nitrogens with zero attached hydrogens (tertiary/aromatic N) is 1. The molecule has 1 aliphatic heterocycles. The Morgan fingerprint density at radius 3 is 2.90 bits per heavy atom. The Morgan fingerprint density at radius 1 is 1.40 bits per heavy atom. The predicted octanol–water partition coefficient (Wildman–Crippen LogP) is 1.12. The summed E-state index contributed by atoms with van der Waals surface area (Å²) >= 11 is 0. The van der Waals surface area contributed by atoms with Crippen LogP contribution in [0, 0.1) is 0 Å². The molecule has 0 fully saturated rings. The van der Waals surface area contributed by atoms with Gasteiger partial charge in [-0.15, -0.1) is 0 Å². The van der Waals surface area contributed by atoms with Gasteiger partial charge in [-0.25, -0.2) is 0 Å². The lowest BCUT2D eigenvalue weighted by Crippen LogP contribution is -2.46. The fraction of sp³-hybridized carbons (Fsp3) is 0.625. The second-order valence-corrected chi connectivity index (χ2v) is 6.33. The Kier molecular flexibility index (Phi) is 5.16. The van der Waals surface area contributed by atoms with E-state index in [0.717, 1.165) is 19.5 Å². The molecule has 112 valence electrons. The van der Waals surface area contributed by atoms with Gasteiger partial charge in [-0.2, -0.15) is 0 Å². The van der Waals surface area contributed by atoms with Gasteiger partial charge in [0.2, 0.25) is 0 Å². The second-order valence-electron chi connectivity index (χ2n) is 6.33. The van der Waals surface area contributed by atoms with E-state index in [-0.39, 0.29) is 0 Å². The number of benzene rings is 1. The van der Waals surface area contributed by atoms with Crippen LogP contribution in [0.3, 0.4) is 0 Å². The Bertz CT molecular complexity index is 431. The molecule has 2 unspecified atom stereocenters. The highest BCUT2D eigenvalue weighted by Crippen LogP contribution is 2.23. The molecule has 1 aliphatic rings. The van der Waals surface area contributed by atoms with Gasteiger partial charge in [-0.05, 0) is 45.1 Å². The van der Waals surface area contributed by atoms with Crippen LogP contribution in [0.2, 0.25) is 0 Å². The molecule has 3 N–H and O–H groups in total. The summed E-state index contributed by atoms with van der Waals surface area (Å²) < 4.78 is 0. The Labute approximate surface area is 122 Å². The Morgan fingerprint density at radius 2 is 2.15 bits per heavy atom. The van der Waals surface area contributed by atoms with Crippen molar-refractivity contribution in [2.45, 2.75) is 31.5 Å². The minimum absolute atomic E-state index is 0.315. The maximum absolute atomic E-state index is 10.4. The molecule has 20 heavy (non-hydrogen) atoms. The van der Waals surface area contributed by atoms with Gasteiger partial charge in [0.1, 0.15) is 0 Å². The molecule has 0 radical (unpaired) electrons. The topological polar surface area (TPSA) is 47.5 Å². The maximum Gasteiger partial charge on any atom is 0.0869 e. The Balaban J connectivity index is 2.02. The third kappa shape index (κ3) is 4.28. The molecular weight excluding hydrogens is 250 g/mol. The maximum atomic E-state index is 10.4. The molecular formula is C16H27N3O. The van der Waals surface area contributed by atoms with Gasteiger partial charge in [0.05, 0.1) is 5.60 Å². The highest BCUT2D eigenvalue weighted by atomic mass is 16.3. The quantitative estimate of drug-likeness (QED) is 0.755. The summed E-state index contributed by atoms with van der Waals surface area (Å²) in [5.74, 6) is 0. The lowest BCUT2D eigenvalue weighted by atomic mass is 9.98. The second kappa shape index (κ2) is 6.68. The van der Waals surface area contributed by atoms with Crippen molar-refractivity contribution in [2.75, 3.05) is 33.7 Å². The van der Waals surface area contributed by atoms with Crippen LogP contribution < -0.4 is 10.6 Å². The molecule has 1 aromatic rings. The van der Waals surface area contributed by atoms with Crippen molar-refractivity contribution in [3.8, 4) is 0 Å². The normalized spacial score (nSPS) is 22.1. The van der Waals surface area contributed by atoms with Gasteiger partial charge in [0.25, 0.3) is 0 Å². The smallest absolute Gasteiger partial charge is 0.0869 e. The molecule has 0 aliphatic carbocycles. The molecule has 0 amide bonds. The van der Waals surface area contributed by atoms with E-state index in [2.05, 4.69) is 34.9 Å². The third-order valence-electron chi connectivity index (χ3n) is 3.74. The molecule has 4 heteroatoms. The van der Waals surface area contributed by atoms with E-state index in [4.69, 9.17) is 0 Å². The van der Waals surface area contributed by atoms with Crippen molar-refractivity contribution >= 4 is 0 Å². The minimum Gasteiger partial charge on any atom is -0.388 e. The molecule has 1 heterocycles. The van der Waals surface area contributed by atoms with Gasteiger partial charge in [0, 0.05) is 25.7 Å². The van der Waals surface area contributed by atoms with Crippen LogP contribution in [0.4, 0.5) is 0 Å². The molecule has 0 spiro atoms. The van der Waals surface area contributed by atoms with Crippen LogP contribution in [0.5, 0.6) is 0 Å². The summed E-state index contributed by atoms with van der Waals surface area (Å²) in [6, 6.07) is 8.87. The van der Waals surface area contributed by atoms with Gasteiger partial charge in [-0.1, -0.05) is 24.3 Å².